The molecule has 4 aromatic rings. The highest BCUT2D eigenvalue weighted by Gasteiger charge is 2.22. The molecular weight excluding hydrogens is 364 g/mol. The van der Waals surface area contributed by atoms with Crippen molar-refractivity contribution in [3.8, 4) is 5.75 Å². The number of nitrogens with one attached hydrogen (secondary N) is 1. The van der Waals surface area contributed by atoms with Gasteiger partial charge in [-0.3, -0.25) is 0 Å². The molecule has 0 aliphatic carbocycles. The molecule has 5 nitrogen and oxygen atoms in total. The number of carbonyl (C=O) groups excluding carboxylic acids is 1. The number of aryl methyl sites for hydroxylation is 1. The minimum absolute atomic E-state index is 0.175. The third-order valence-corrected chi connectivity index (χ3v) is 5.10. The highest BCUT2D eigenvalue weighted by Crippen LogP contribution is 2.33. The van der Waals surface area contributed by atoms with Crippen LogP contribution in [0.1, 0.15) is 27.2 Å². The molecule has 4 rings (SSSR count). The van der Waals surface area contributed by atoms with Gasteiger partial charge < -0.3 is 19.7 Å². The van der Waals surface area contributed by atoms with Crippen LogP contribution in [0.4, 0.5) is 0 Å². The first-order valence-electron chi connectivity index (χ1n) is 9.56. The minimum atomic E-state index is -0.396. The van der Waals surface area contributed by atoms with Gasteiger partial charge in [-0.1, -0.05) is 36.4 Å². The Bertz CT molecular complexity index is 1210. The predicted molar refractivity (Wildman–Crippen MR) is 115 cm³/mol. The fourth-order valence-electron chi connectivity index (χ4n) is 3.76. The molecule has 0 unspecified atom stereocenters. The highest BCUT2D eigenvalue weighted by atomic mass is 16.5. The molecule has 3 aromatic carbocycles. The molecule has 0 spiro atoms. The number of nitrogens with zero attached hydrogens (tertiary/aromatic N) is 1. The lowest BCUT2D eigenvalue weighted by Gasteiger charge is -2.14. The summed E-state index contributed by atoms with van der Waals surface area (Å²) in [6.45, 7) is 2.56. The molecule has 0 aliphatic heterocycles. The van der Waals surface area contributed by atoms with Gasteiger partial charge in [-0.2, -0.15) is 0 Å². The van der Waals surface area contributed by atoms with Gasteiger partial charge >= 0.3 is 5.97 Å². The molecule has 0 saturated heterocycles. The Labute approximate surface area is 169 Å². The van der Waals surface area contributed by atoms with Gasteiger partial charge in [0.15, 0.2) is 0 Å². The minimum Gasteiger partial charge on any atom is -0.508 e. The summed E-state index contributed by atoms with van der Waals surface area (Å²) in [5.74, 6) is -0.221. The van der Waals surface area contributed by atoms with E-state index >= 15 is 0 Å². The number of hydrogen-bond acceptors (Lipinski definition) is 4. The Morgan fingerprint density at radius 1 is 1.07 bits per heavy atom. The zero-order valence-corrected chi connectivity index (χ0v) is 16.8. The Morgan fingerprint density at radius 2 is 1.83 bits per heavy atom. The molecule has 0 fully saturated rings. The van der Waals surface area contributed by atoms with Crippen molar-refractivity contribution in [2.75, 3.05) is 14.1 Å². The smallest absolute Gasteiger partial charge is 0.340 e. The van der Waals surface area contributed by atoms with Gasteiger partial charge in [-0.15, -0.1) is 0 Å². The summed E-state index contributed by atoms with van der Waals surface area (Å²) in [7, 11) is 3.85. The summed E-state index contributed by atoms with van der Waals surface area (Å²) in [4.78, 5) is 18.2. The number of phenols is 1. The molecule has 0 atom stereocenters. The molecule has 5 heteroatoms. The van der Waals surface area contributed by atoms with E-state index in [0.29, 0.717) is 12.1 Å². The van der Waals surface area contributed by atoms with Gasteiger partial charge in [0, 0.05) is 28.7 Å². The second kappa shape index (κ2) is 7.60. The quantitative estimate of drug-likeness (QED) is 0.484. The van der Waals surface area contributed by atoms with Gasteiger partial charge in [0.25, 0.3) is 0 Å². The Morgan fingerprint density at radius 3 is 2.59 bits per heavy atom. The van der Waals surface area contributed by atoms with E-state index in [1.807, 2.05) is 62.3 Å². The van der Waals surface area contributed by atoms with E-state index < -0.39 is 5.97 Å². The first-order chi connectivity index (χ1) is 13.9. The highest BCUT2D eigenvalue weighted by molar-refractivity contribution is 6.07. The van der Waals surface area contributed by atoms with Crippen LogP contribution in [0.3, 0.4) is 0 Å². The zero-order chi connectivity index (χ0) is 20.5. The summed E-state index contributed by atoms with van der Waals surface area (Å²) in [6, 6.07) is 17.6. The molecule has 0 bridgehead atoms. The van der Waals surface area contributed by atoms with Crippen LogP contribution >= 0.6 is 0 Å². The van der Waals surface area contributed by atoms with Crippen molar-refractivity contribution in [3.63, 3.8) is 0 Å². The standard InChI is InChI=1S/C24H24N2O3/c1-15-22(23-19(13-26(2)3)21(27)11-10-20(23)25-15)24(28)29-14-16-8-9-17-6-4-5-7-18(17)12-16/h4-12,25,27H,13-14H2,1-3H3. The third kappa shape index (κ3) is 3.69. The number of ether oxygens (including phenoxy) is 1. The molecule has 1 heterocycles. The lowest BCUT2D eigenvalue weighted by atomic mass is 10.0. The van der Waals surface area contributed by atoms with E-state index in [9.17, 15) is 9.90 Å². The molecular formula is C24H24N2O3. The summed E-state index contributed by atoms with van der Waals surface area (Å²) in [6.07, 6.45) is 0. The van der Waals surface area contributed by atoms with E-state index in [1.54, 1.807) is 12.1 Å². The van der Waals surface area contributed by atoms with Crippen molar-refractivity contribution in [2.45, 2.75) is 20.1 Å². The molecule has 0 aliphatic rings. The summed E-state index contributed by atoms with van der Waals surface area (Å²) < 4.78 is 5.66. The third-order valence-electron chi connectivity index (χ3n) is 5.10. The number of aromatic amines is 1. The summed E-state index contributed by atoms with van der Waals surface area (Å²) in [5, 5.41) is 13.4. The van der Waals surface area contributed by atoms with Gasteiger partial charge in [0.2, 0.25) is 0 Å². The van der Waals surface area contributed by atoms with Crippen LogP contribution in [0.25, 0.3) is 21.7 Å². The molecule has 0 amide bonds. The SMILES string of the molecule is Cc1[nH]c2ccc(O)c(CN(C)C)c2c1C(=O)OCc1ccc2ccccc2c1. The average molecular weight is 388 g/mol. The van der Waals surface area contributed by atoms with E-state index in [2.05, 4.69) is 11.1 Å². The lowest BCUT2D eigenvalue weighted by Crippen LogP contribution is -2.12. The van der Waals surface area contributed by atoms with E-state index in [0.717, 1.165) is 38.5 Å². The first kappa shape index (κ1) is 19.0. The lowest BCUT2D eigenvalue weighted by molar-refractivity contribution is 0.0474. The molecule has 148 valence electrons. The fraction of sp³-hybridized carbons (Fsp3) is 0.208. The van der Waals surface area contributed by atoms with Crippen LogP contribution in [0.15, 0.2) is 54.6 Å². The van der Waals surface area contributed by atoms with Gasteiger partial charge in [-0.25, -0.2) is 4.79 Å². The van der Waals surface area contributed by atoms with E-state index in [-0.39, 0.29) is 12.4 Å². The number of carbonyl (C=O) groups is 1. The second-order valence-electron chi connectivity index (χ2n) is 7.61. The fourth-order valence-corrected chi connectivity index (χ4v) is 3.76. The van der Waals surface area contributed by atoms with Crippen molar-refractivity contribution in [1.29, 1.82) is 0 Å². The Hall–Kier alpha value is -3.31. The molecule has 0 saturated carbocycles. The first-order valence-corrected chi connectivity index (χ1v) is 9.56. The second-order valence-corrected chi connectivity index (χ2v) is 7.61. The number of benzene rings is 3. The number of esters is 1. The van der Waals surface area contributed by atoms with Gasteiger partial charge in [-0.05, 0) is 55.6 Å². The van der Waals surface area contributed by atoms with Crippen LogP contribution in [-0.4, -0.2) is 35.1 Å². The van der Waals surface area contributed by atoms with Crippen LogP contribution in [-0.2, 0) is 17.9 Å². The van der Waals surface area contributed by atoms with Crippen molar-refractivity contribution in [1.82, 2.24) is 9.88 Å². The van der Waals surface area contributed by atoms with E-state index in [1.165, 1.54) is 0 Å². The van der Waals surface area contributed by atoms with Crippen molar-refractivity contribution >= 4 is 27.6 Å². The zero-order valence-electron chi connectivity index (χ0n) is 16.8. The number of rotatable bonds is 5. The number of fused-ring (bicyclic) bond motifs is 2. The number of phenolic OH excluding ortho intramolecular Hbond substituents is 1. The summed E-state index contributed by atoms with van der Waals surface area (Å²) in [5.41, 5.74) is 3.68. The predicted octanol–water partition coefficient (Wildman–Crippen LogP) is 4.75. The average Bonchev–Trinajstić information content (AvgIpc) is 3.04. The van der Waals surface area contributed by atoms with Crippen LogP contribution in [0.5, 0.6) is 5.75 Å². The topological polar surface area (TPSA) is 65.6 Å². The monoisotopic (exact) mass is 388 g/mol. The number of hydrogen-bond donors (Lipinski definition) is 2. The number of H-pyrrole nitrogens is 1. The van der Waals surface area contributed by atoms with Gasteiger partial charge in [0.1, 0.15) is 12.4 Å². The molecule has 1 aromatic heterocycles. The number of aromatic hydroxyl groups is 1. The van der Waals surface area contributed by atoms with Crippen molar-refractivity contribution < 1.29 is 14.6 Å². The van der Waals surface area contributed by atoms with Crippen LogP contribution in [0.2, 0.25) is 0 Å². The number of aromatic nitrogens is 1. The molecule has 29 heavy (non-hydrogen) atoms. The van der Waals surface area contributed by atoms with Crippen molar-refractivity contribution in [2.24, 2.45) is 0 Å². The maximum atomic E-state index is 13.0. The molecule has 0 radical (unpaired) electrons. The summed E-state index contributed by atoms with van der Waals surface area (Å²) >= 11 is 0. The maximum absolute atomic E-state index is 13.0. The molecule has 2 N–H and O–H groups in total. The van der Waals surface area contributed by atoms with E-state index in [4.69, 9.17) is 4.74 Å². The largest absolute Gasteiger partial charge is 0.508 e. The van der Waals surface area contributed by atoms with Crippen LogP contribution < -0.4 is 0 Å². The van der Waals surface area contributed by atoms with Crippen molar-refractivity contribution in [3.05, 3.63) is 77.0 Å². The normalized spacial score (nSPS) is 11.4. The maximum Gasteiger partial charge on any atom is 0.340 e. The Kier molecular flexibility index (Phi) is 4.99. The van der Waals surface area contributed by atoms with Gasteiger partial charge in [0.05, 0.1) is 5.56 Å². The van der Waals surface area contributed by atoms with Crippen LogP contribution in [0, 0.1) is 6.92 Å². The Balaban J connectivity index is 1.65.